The van der Waals surface area contributed by atoms with Crippen LogP contribution in [0.2, 0.25) is 0 Å². The molecule has 0 aliphatic carbocycles. The molecular formula is C15H17N. The summed E-state index contributed by atoms with van der Waals surface area (Å²) < 4.78 is 0. The molecule has 1 aromatic carbocycles. The second-order valence-electron chi connectivity index (χ2n) is 3.84. The van der Waals surface area contributed by atoms with E-state index in [4.69, 9.17) is 5.26 Å². The highest BCUT2D eigenvalue weighted by atomic mass is 14.2. The van der Waals surface area contributed by atoms with Gasteiger partial charge in [0.2, 0.25) is 0 Å². The average molecular weight is 211 g/mol. The Labute approximate surface area is 97.7 Å². The van der Waals surface area contributed by atoms with E-state index < -0.39 is 0 Å². The number of benzene rings is 1. The van der Waals surface area contributed by atoms with Crippen LogP contribution >= 0.6 is 0 Å². The van der Waals surface area contributed by atoms with Gasteiger partial charge >= 0.3 is 0 Å². The molecule has 16 heavy (non-hydrogen) atoms. The van der Waals surface area contributed by atoms with Crippen LogP contribution in [0.15, 0.2) is 41.6 Å². The maximum absolute atomic E-state index is 8.40. The Morgan fingerprint density at radius 3 is 2.69 bits per heavy atom. The van der Waals surface area contributed by atoms with E-state index >= 15 is 0 Å². The third-order valence-electron chi connectivity index (χ3n) is 2.38. The molecule has 0 bridgehead atoms. The van der Waals surface area contributed by atoms with E-state index in [1.807, 2.05) is 24.3 Å². The van der Waals surface area contributed by atoms with Gasteiger partial charge in [0.25, 0.3) is 0 Å². The van der Waals surface area contributed by atoms with E-state index in [0.717, 1.165) is 19.3 Å². The largest absolute Gasteiger partial charge is 0.198 e. The highest BCUT2D eigenvalue weighted by Crippen LogP contribution is 2.08. The second kappa shape index (κ2) is 7.51. The zero-order chi connectivity index (χ0) is 11.6. The number of nitrogens with zero attached hydrogens (tertiary/aromatic N) is 1. The molecular weight excluding hydrogens is 194 g/mol. The lowest BCUT2D eigenvalue weighted by Gasteiger charge is -1.95. The Morgan fingerprint density at radius 1 is 1.25 bits per heavy atom. The van der Waals surface area contributed by atoms with Gasteiger partial charge in [-0.15, -0.1) is 5.73 Å². The van der Waals surface area contributed by atoms with Crippen molar-refractivity contribution in [2.75, 3.05) is 0 Å². The first-order valence-electron chi connectivity index (χ1n) is 5.67. The number of hydrogen-bond donors (Lipinski definition) is 0. The van der Waals surface area contributed by atoms with E-state index in [-0.39, 0.29) is 0 Å². The molecule has 1 heteroatoms. The van der Waals surface area contributed by atoms with E-state index in [9.17, 15) is 0 Å². The maximum atomic E-state index is 8.40. The Bertz CT molecular complexity index is 403. The zero-order valence-corrected chi connectivity index (χ0v) is 9.74. The van der Waals surface area contributed by atoms with Crippen molar-refractivity contribution in [3.05, 3.63) is 47.2 Å². The van der Waals surface area contributed by atoms with Gasteiger partial charge in [0.15, 0.2) is 0 Å². The van der Waals surface area contributed by atoms with Crippen LogP contribution in [0, 0.1) is 11.3 Å². The molecule has 1 aromatic rings. The zero-order valence-electron chi connectivity index (χ0n) is 9.74. The topological polar surface area (TPSA) is 23.8 Å². The average Bonchev–Trinajstić information content (AvgIpc) is 2.33. The highest BCUT2D eigenvalue weighted by Gasteiger charge is 1.89. The minimum absolute atomic E-state index is 0.662. The van der Waals surface area contributed by atoms with E-state index in [2.05, 4.69) is 30.9 Å². The van der Waals surface area contributed by atoms with Gasteiger partial charge in [-0.1, -0.05) is 30.3 Å². The number of rotatable bonds is 5. The fraction of sp³-hybridized carbons (Fsp3) is 0.333. The second-order valence-corrected chi connectivity index (χ2v) is 3.84. The fourth-order valence-corrected chi connectivity index (χ4v) is 1.42. The van der Waals surface area contributed by atoms with Crippen molar-refractivity contribution in [3.8, 4) is 6.07 Å². The van der Waals surface area contributed by atoms with Crippen molar-refractivity contribution < 1.29 is 0 Å². The van der Waals surface area contributed by atoms with Crippen LogP contribution in [0.5, 0.6) is 0 Å². The number of hydrogen-bond acceptors (Lipinski definition) is 1. The van der Waals surface area contributed by atoms with Crippen LogP contribution in [0.1, 0.15) is 38.2 Å². The van der Waals surface area contributed by atoms with Gasteiger partial charge in [-0.3, -0.25) is 0 Å². The summed E-state index contributed by atoms with van der Waals surface area (Å²) in [5, 5.41) is 8.40. The first-order chi connectivity index (χ1) is 7.83. The SMILES string of the molecule is CC(=C=Cc1ccccc1)CCCCC#N. The maximum Gasteiger partial charge on any atom is 0.0621 e. The lowest BCUT2D eigenvalue weighted by molar-refractivity contribution is 0.748. The molecule has 1 rings (SSSR count). The molecule has 0 saturated heterocycles. The van der Waals surface area contributed by atoms with Gasteiger partial charge < -0.3 is 0 Å². The molecule has 0 unspecified atom stereocenters. The Hall–Kier alpha value is -1.77. The molecule has 0 heterocycles. The number of allylic oxidation sites excluding steroid dienone is 1. The Kier molecular flexibility index (Phi) is 5.78. The van der Waals surface area contributed by atoms with E-state index in [0.29, 0.717) is 6.42 Å². The van der Waals surface area contributed by atoms with Gasteiger partial charge in [0, 0.05) is 6.42 Å². The lowest BCUT2D eigenvalue weighted by Crippen LogP contribution is -1.77. The number of nitriles is 1. The predicted molar refractivity (Wildman–Crippen MR) is 67.7 cm³/mol. The Morgan fingerprint density at radius 2 is 2.00 bits per heavy atom. The molecule has 82 valence electrons. The molecule has 0 spiro atoms. The third kappa shape index (κ3) is 5.20. The minimum Gasteiger partial charge on any atom is -0.198 e. The van der Waals surface area contributed by atoms with Gasteiger partial charge in [-0.05, 0) is 43.4 Å². The molecule has 1 nitrogen and oxygen atoms in total. The summed E-state index contributed by atoms with van der Waals surface area (Å²) in [7, 11) is 0. The highest BCUT2D eigenvalue weighted by molar-refractivity contribution is 5.48. The molecule has 0 aliphatic rings. The molecule has 0 aromatic heterocycles. The minimum atomic E-state index is 0.662. The molecule has 0 fully saturated rings. The van der Waals surface area contributed by atoms with E-state index in [1.165, 1.54) is 11.1 Å². The molecule has 0 N–H and O–H groups in total. The fourth-order valence-electron chi connectivity index (χ4n) is 1.42. The van der Waals surface area contributed by atoms with Crippen LogP contribution in [0.4, 0.5) is 0 Å². The smallest absolute Gasteiger partial charge is 0.0621 e. The van der Waals surface area contributed by atoms with Crippen molar-refractivity contribution >= 4 is 6.08 Å². The lowest BCUT2D eigenvalue weighted by atomic mass is 10.1. The summed E-state index contributed by atoms with van der Waals surface area (Å²) in [5.41, 5.74) is 5.72. The number of unbranched alkanes of at least 4 members (excludes halogenated alkanes) is 2. The van der Waals surface area contributed by atoms with E-state index in [1.54, 1.807) is 0 Å². The van der Waals surface area contributed by atoms with Crippen LogP contribution < -0.4 is 0 Å². The normalized spacial score (nSPS) is 9.00. The third-order valence-corrected chi connectivity index (χ3v) is 2.38. The molecule has 0 aliphatic heterocycles. The molecule has 0 amide bonds. The van der Waals surface area contributed by atoms with Gasteiger partial charge in [0.1, 0.15) is 0 Å². The Balaban J connectivity index is 2.44. The summed E-state index contributed by atoms with van der Waals surface area (Å²) in [5.74, 6) is 0. The summed E-state index contributed by atoms with van der Waals surface area (Å²) in [6.45, 7) is 2.09. The standard InChI is InChI=1S/C15H17N/c1-14(8-4-3-7-13-16)11-12-15-9-5-2-6-10-15/h2,5-6,9-10,12H,3-4,7-8H2,1H3. The summed E-state index contributed by atoms with van der Waals surface area (Å²) in [4.78, 5) is 0. The van der Waals surface area contributed by atoms with Crippen molar-refractivity contribution in [1.29, 1.82) is 5.26 Å². The van der Waals surface area contributed by atoms with Crippen molar-refractivity contribution in [2.45, 2.75) is 32.6 Å². The van der Waals surface area contributed by atoms with Gasteiger partial charge in [0.05, 0.1) is 6.07 Å². The van der Waals surface area contributed by atoms with Crippen molar-refractivity contribution in [3.63, 3.8) is 0 Å². The van der Waals surface area contributed by atoms with Crippen LogP contribution in [-0.4, -0.2) is 0 Å². The van der Waals surface area contributed by atoms with Crippen LogP contribution in [0.25, 0.3) is 6.08 Å². The molecule has 0 saturated carbocycles. The van der Waals surface area contributed by atoms with Crippen LogP contribution in [0.3, 0.4) is 0 Å². The molecule has 0 radical (unpaired) electrons. The molecule has 0 atom stereocenters. The monoisotopic (exact) mass is 211 g/mol. The van der Waals surface area contributed by atoms with Crippen molar-refractivity contribution in [2.24, 2.45) is 0 Å². The van der Waals surface area contributed by atoms with Gasteiger partial charge in [-0.2, -0.15) is 5.26 Å². The summed E-state index contributed by atoms with van der Waals surface area (Å²) in [6, 6.07) is 12.3. The van der Waals surface area contributed by atoms with Crippen molar-refractivity contribution in [1.82, 2.24) is 0 Å². The predicted octanol–water partition coefficient (Wildman–Crippen LogP) is 4.33. The first-order valence-corrected chi connectivity index (χ1v) is 5.67. The summed E-state index contributed by atoms with van der Waals surface area (Å²) >= 11 is 0. The first kappa shape index (κ1) is 12.3. The van der Waals surface area contributed by atoms with Crippen LogP contribution in [-0.2, 0) is 0 Å². The quantitative estimate of drug-likeness (QED) is 0.525. The van der Waals surface area contributed by atoms with Gasteiger partial charge in [-0.25, -0.2) is 0 Å². The summed E-state index contributed by atoms with van der Waals surface area (Å²) in [6.07, 6.45) is 5.77.